The average Bonchev–Trinajstić information content (AvgIpc) is 3.22. The molecule has 0 spiro atoms. The molecule has 1 aromatic heterocycles. The monoisotopic (exact) mass is 292 g/mol. The fourth-order valence-corrected chi connectivity index (χ4v) is 4.20. The molecule has 3 rings (SSSR count). The molecule has 2 aliphatic rings. The summed E-state index contributed by atoms with van der Waals surface area (Å²) in [6, 6.07) is 1.22. The van der Waals surface area contributed by atoms with Crippen molar-refractivity contribution in [1.29, 1.82) is 0 Å². The van der Waals surface area contributed by atoms with Crippen molar-refractivity contribution in [3.8, 4) is 0 Å². The van der Waals surface area contributed by atoms with Crippen molar-refractivity contribution in [3.63, 3.8) is 0 Å². The maximum absolute atomic E-state index is 4.81. The maximum atomic E-state index is 4.81. The van der Waals surface area contributed by atoms with Crippen molar-refractivity contribution in [1.82, 2.24) is 10.3 Å². The molecule has 1 aromatic rings. The molecule has 0 radical (unpaired) electrons. The summed E-state index contributed by atoms with van der Waals surface area (Å²) < 4.78 is 0. The van der Waals surface area contributed by atoms with E-state index in [9.17, 15) is 0 Å². The molecule has 1 atom stereocenters. The van der Waals surface area contributed by atoms with E-state index in [0.717, 1.165) is 17.9 Å². The first-order valence-corrected chi connectivity index (χ1v) is 8.91. The summed E-state index contributed by atoms with van der Waals surface area (Å²) in [7, 11) is 0. The summed E-state index contributed by atoms with van der Waals surface area (Å²) in [5.74, 6) is 1.92. The van der Waals surface area contributed by atoms with Crippen LogP contribution >= 0.6 is 11.3 Å². The highest BCUT2D eigenvalue weighted by molar-refractivity contribution is 7.12. The number of thiazole rings is 1. The van der Waals surface area contributed by atoms with Crippen LogP contribution in [0.3, 0.4) is 0 Å². The molecule has 0 aliphatic heterocycles. The molecule has 1 N–H and O–H groups in total. The quantitative estimate of drug-likeness (QED) is 0.858. The van der Waals surface area contributed by atoms with E-state index in [4.69, 9.17) is 4.98 Å². The minimum absolute atomic E-state index is 0.166. The molecule has 0 aromatic carbocycles. The van der Waals surface area contributed by atoms with Gasteiger partial charge in [0.2, 0.25) is 0 Å². The lowest BCUT2D eigenvalue weighted by Gasteiger charge is -2.23. The van der Waals surface area contributed by atoms with E-state index in [-0.39, 0.29) is 5.41 Å². The van der Waals surface area contributed by atoms with Gasteiger partial charge in [0.15, 0.2) is 0 Å². The molecule has 3 heteroatoms. The Bertz CT molecular complexity index is 466. The van der Waals surface area contributed by atoms with Gasteiger partial charge in [0.25, 0.3) is 0 Å². The van der Waals surface area contributed by atoms with E-state index in [2.05, 4.69) is 39.9 Å². The Morgan fingerprint density at radius 3 is 2.10 bits per heavy atom. The first-order valence-electron chi connectivity index (χ1n) is 8.10. The summed E-state index contributed by atoms with van der Waals surface area (Å²) >= 11 is 1.91. The third-order valence-electron chi connectivity index (χ3n) is 4.57. The van der Waals surface area contributed by atoms with Crippen LogP contribution in [0.15, 0.2) is 0 Å². The van der Waals surface area contributed by atoms with Gasteiger partial charge in [-0.25, -0.2) is 4.98 Å². The molecular formula is C17H28N2S. The van der Waals surface area contributed by atoms with Gasteiger partial charge < -0.3 is 5.32 Å². The molecule has 2 saturated carbocycles. The molecule has 2 aliphatic carbocycles. The molecule has 20 heavy (non-hydrogen) atoms. The second-order valence-corrected chi connectivity index (χ2v) is 8.84. The Morgan fingerprint density at radius 2 is 1.70 bits per heavy atom. The lowest BCUT2D eigenvalue weighted by atomic mass is 9.98. The molecule has 1 heterocycles. The second kappa shape index (κ2) is 5.10. The largest absolute Gasteiger partial charge is 0.306 e. The molecule has 2 fully saturated rings. The number of nitrogens with one attached hydrogen (secondary N) is 1. The van der Waals surface area contributed by atoms with Gasteiger partial charge in [0.05, 0.1) is 10.7 Å². The molecule has 1 unspecified atom stereocenters. The van der Waals surface area contributed by atoms with Gasteiger partial charge in [0, 0.05) is 22.4 Å². The molecule has 112 valence electrons. The summed E-state index contributed by atoms with van der Waals surface area (Å²) in [5, 5.41) is 5.20. The van der Waals surface area contributed by atoms with Crippen LogP contribution in [-0.2, 0) is 5.41 Å². The van der Waals surface area contributed by atoms with Gasteiger partial charge in [0.1, 0.15) is 0 Å². The van der Waals surface area contributed by atoms with Crippen LogP contribution in [0.25, 0.3) is 0 Å². The molecule has 0 saturated heterocycles. The van der Waals surface area contributed by atoms with E-state index in [0.29, 0.717) is 6.04 Å². The van der Waals surface area contributed by atoms with E-state index in [1.54, 1.807) is 0 Å². The SMILES string of the molecule is Cc1nc(C(C)(C)C)sc1C(C)NC(C1CC1)C1CC1. The molecular weight excluding hydrogens is 264 g/mol. The minimum atomic E-state index is 0.166. The first kappa shape index (κ1) is 14.5. The number of nitrogens with zero attached hydrogens (tertiary/aromatic N) is 1. The van der Waals surface area contributed by atoms with Crippen LogP contribution in [-0.4, -0.2) is 11.0 Å². The van der Waals surface area contributed by atoms with Gasteiger partial charge in [-0.3, -0.25) is 0 Å². The van der Waals surface area contributed by atoms with Crippen molar-refractivity contribution in [3.05, 3.63) is 15.6 Å². The molecule has 0 bridgehead atoms. The highest BCUT2D eigenvalue weighted by atomic mass is 32.1. The van der Waals surface area contributed by atoms with Crippen molar-refractivity contribution >= 4 is 11.3 Å². The predicted molar refractivity (Wildman–Crippen MR) is 86.3 cm³/mol. The fraction of sp³-hybridized carbons (Fsp3) is 0.824. The van der Waals surface area contributed by atoms with Crippen LogP contribution < -0.4 is 5.32 Å². The van der Waals surface area contributed by atoms with Crippen LogP contribution in [0, 0.1) is 18.8 Å². The Kier molecular flexibility index (Phi) is 3.70. The molecule has 0 amide bonds. The van der Waals surface area contributed by atoms with Gasteiger partial charge in [-0.15, -0.1) is 11.3 Å². The average molecular weight is 292 g/mol. The lowest BCUT2D eigenvalue weighted by molar-refractivity contribution is 0.379. The lowest BCUT2D eigenvalue weighted by Crippen LogP contribution is -2.35. The summed E-state index contributed by atoms with van der Waals surface area (Å²) in [4.78, 5) is 6.26. The standard InChI is InChI=1S/C17H28N2S/c1-10(18-14(12-6-7-12)13-8-9-13)15-11(2)19-16(20-15)17(3,4)5/h10,12-14,18H,6-9H2,1-5H3. The number of aryl methyl sites for hydroxylation is 1. The van der Waals surface area contributed by atoms with E-state index in [1.807, 2.05) is 11.3 Å². The smallest absolute Gasteiger partial charge is 0.0985 e. The van der Waals surface area contributed by atoms with Crippen LogP contribution in [0.2, 0.25) is 0 Å². The minimum Gasteiger partial charge on any atom is -0.306 e. The Labute approximate surface area is 127 Å². The third-order valence-corrected chi connectivity index (χ3v) is 6.34. The number of aromatic nitrogens is 1. The third kappa shape index (κ3) is 3.09. The van der Waals surface area contributed by atoms with Crippen molar-refractivity contribution in [2.75, 3.05) is 0 Å². The molecule has 2 nitrogen and oxygen atoms in total. The second-order valence-electron chi connectivity index (χ2n) is 7.81. The van der Waals surface area contributed by atoms with Gasteiger partial charge in [-0.05, 0) is 51.4 Å². The number of hydrogen-bond donors (Lipinski definition) is 1. The summed E-state index contributed by atoms with van der Waals surface area (Å²) in [5.41, 5.74) is 1.39. The zero-order valence-electron chi connectivity index (χ0n) is 13.5. The van der Waals surface area contributed by atoms with Crippen molar-refractivity contribution in [2.45, 2.75) is 77.8 Å². The van der Waals surface area contributed by atoms with Crippen LogP contribution in [0.4, 0.5) is 0 Å². The normalized spacial score (nSPS) is 21.5. The predicted octanol–water partition coefficient (Wildman–Crippen LogP) is 4.59. The van der Waals surface area contributed by atoms with Crippen molar-refractivity contribution < 1.29 is 0 Å². The highest BCUT2D eigenvalue weighted by Crippen LogP contribution is 2.45. The fourth-order valence-electron chi connectivity index (χ4n) is 3.06. The topological polar surface area (TPSA) is 24.9 Å². The Balaban J connectivity index is 1.72. The van der Waals surface area contributed by atoms with E-state index >= 15 is 0 Å². The van der Waals surface area contributed by atoms with Gasteiger partial charge in [-0.2, -0.15) is 0 Å². The first-order chi connectivity index (χ1) is 9.36. The van der Waals surface area contributed by atoms with E-state index < -0.39 is 0 Å². The van der Waals surface area contributed by atoms with Crippen LogP contribution in [0.1, 0.15) is 75.0 Å². The Hall–Kier alpha value is -0.410. The van der Waals surface area contributed by atoms with E-state index in [1.165, 1.54) is 41.3 Å². The van der Waals surface area contributed by atoms with Crippen LogP contribution in [0.5, 0.6) is 0 Å². The number of hydrogen-bond acceptors (Lipinski definition) is 3. The summed E-state index contributed by atoms with van der Waals surface area (Å²) in [6.45, 7) is 11.3. The maximum Gasteiger partial charge on any atom is 0.0985 e. The number of rotatable bonds is 5. The van der Waals surface area contributed by atoms with Gasteiger partial charge >= 0.3 is 0 Å². The van der Waals surface area contributed by atoms with Gasteiger partial charge in [-0.1, -0.05) is 20.8 Å². The zero-order valence-corrected chi connectivity index (χ0v) is 14.3. The zero-order chi connectivity index (χ0) is 14.5. The summed E-state index contributed by atoms with van der Waals surface area (Å²) in [6.07, 6.45) is 5.76. The van der Waals surface area contributed by atoms with Crippen molar-refractivity contribution in [2.24, 2.45) is 11.8 Å². The highest BCUT2D eigenvalue weighted by Gasteiger charge is 2.42. The Morgan fingerprint density at radius 1 is 1.15 bits per heavy atom.